The molecule has 0 aliphatic heterocycles. The van der Waals surface area contributed by atoms with Crippen molar-refractivity contribution < 1.29 is 38.1 Å². The molecule has 0 aliphatic carbocycles. The van der Waals surface area contributed by atoms with E-state index < -0.39 is 35.7 Å². The minimum absolute atomic E-state index is 0.0770. The summed E-state index contributed by atoms with van der Waals surface area (Å²) in [5.74, 6) is -2.58. The number of thioether (sulfide) groups is 1. The Bertz CT molecular complexity index is 546. The van der Waals surface area contributed by atoms with Gasteiger partial charge in [-0.1, -0.05) is 53.4 Å². The monoisotopic (exact) mass is 518 g/mol. The fraction of sp³-hybridized carbons (Fsp3) is 0.846. The summed E-state index contributed by atoms with van der Waals surface area (Å²) < 4.78 is 21.1. The lowest BCUT2D eigenvalue weighted by atomic mass is 10.1. The molecule has 0 rings (SSSR count). The summed E-state index contributed by atoms with van der Waals surface area (Å²) >= 11 is 1.33. The van der Waals surface area contributed by atoms with E-state index in [0.29, 0.717) is 26.4 Å². The summed E-state index contributed by atoms with van der Waals surface area (Å²) in [4.78, 5) is 49.6. The third-order valence-electron chi connectivity index (χ3n) is 5.14. The van der Waals surface area contributed by atoms with Crippen LogP contribution in [0.25, 0.3) is 0 Å². The Balaban J connectivity index is 5.02. The molecule has 2 atom stereocenters. The van der Waals surface area contributed by atoms with E-state index in [4.69, 9.17) is 18.9 Å². The van der Waals surface area contributed by atoms with Crippen LogP contribution in [-0.4, -0.2) is 61.8 Å². The number of ether oxygens (including phenoxy) is 4. The van der Waals surface area contributed by atoms with Gasteiger partial charge in [0.15, 0.2) is 0 Å². The van der Waals surface area contributed by atoms with Crippen LogP contribution in [0.5, 0.6) is 0 Å². The lowest BCUT2D eigenvalue weighted by Crippen LogP contribution is -2.27. The van der Waals surface area contributed by atoms with Crippen LogP contribution in [0.1, 0.15) is 91.9 Å². The van der Waals surface area contributed by atoms with E-state index in [0.717, 1.165) is 51.4 Å². The van der Waals surface area contributed by atoms with Crippen molar-refractivity contribution >= 4 is 35.6 Å². The first kappa shape index (κ1) is 33.2. The van der Waals surface area contributed by atoms with Crippen molar-refractivity contribution in [3.8, 4) is 0 Å². The van der Waals surface area contributed by atoms with E-state index in [-0.39, 0.29) is 24.3 Å². The maximum absolute atomic E-state index is 12.6. The highest BCUT2D eigenvalue weighted by Crippen LogP contribution is 2.21. The van der Waals surface area contributed by atoms with E-state index in [1.807, 2.05) is 27.7 Å². The number of hydrogen-bond donors (Lipinski definition) is 0. The predicted octanol–water partition coefficient (Wildman–Crippen LogP) is 5.11. The lowest BCUT2D eigenvalue weighted by Gasteiger charge is -2.18. The fourth-order valence-corrected chi connectivity index (χ4v) is 4.04. The molecule has 204 valence electrons. The molecule has 9 heteroatoms. The Morgan fingerprint density at radius 1 is 0.543 bits per heavy atom. The van der Waals surface area contributed by atoms with E-state index >= 15 is 0 Å². The summed E-state index contributed by atoms with van der Waals surface area (Å²) in [5.41, 5.74) is 0. The number of hydrogen-bond acceptors (Lipinski definition) is 9. The van der Waals surface area contributed by atoms with Crippen molar-refractivity contribution in [3.05, 3.63) is 0 Å². The number of esters is 4. The van der Waals surface area contributed by atoms with Crippen molar-refractivity contribution in [2.24, 2.45) is 11.8 Å². The van der Waals surface area contributed by atoms with Gasteiger partial charge in [-0.25, -0.2) is 0 Å². The van der Waals surface area contributed by atoms with Crippen LogP contribution in [0.15, 0.2) is 0 Å². The van der Waals surface area contributed by atoms with Gasteiger partial charge in [-0.05, 0) is 25.7 Å². The highest BCUT2D eigenvalue weighted by atomic mass is 32.2. The van der Waals surface area contributed by atoms with Gasteiger partial charge in [0.05, 0.1) is 51.1 Å². The summed E-state index contributed by atoms with van der Waals surface area (Å²) in [6, 6.07) is 0. The highest BCUT2D eigenvalue weighted by Gasteiger charge is 2.28. The van der Waals surface area contributed by atoms with Gasteiger partial charge in [0.2, 0.25) is 0 Å². The third-order valence-corrected chi connectivity index (χ3v) is 6.41. The first-order chi connectivity index (χ1) is 16.9. The molecule has 0 bridgehead atoms. The molecule has 0 saturated carbocycles. The summed E-state index contributed by atoms with van der Waals surface area (Å²) in [6.45, 7) is 9.26. The van der Waals surface area contributed by atoms with E-state index in [1.165, 1.54) is 11.8 Å². The zero-order valence-corrected chi connectivity index (χ0v) is 23.0. The largest absolute Gasteiger partial charge is 0.466 e. The van der Waals surface area contributed by atoms with Gasteiger partial charge in [0, 0.05) is 11.5 Å². The van der Waals surface area contributed by atoms with Gasteiger partial charge in [-0.2, -0.15) is 11.8 Å². The SMILES string of the molecule is CCCCOC(=O)CC(CSCC(CC(=O)OCCCC)C(=O)OCCCC)C(=O)OCCCC. The van der Waals surface area contributed by atoms with Crippen molar-refractivity contribution in [2.75, 3.05) is 37.9 Å². The Labute approximate surface area is 215 Å². The lowest BCUT2D eigenvalue weighted by molar-refractivity contribution is -0.154. The molecule has 0 radical (unpaired) electrons. The molecule has 0 fully saturated rings. The Morgan fingerprint density at radius 3 is 1.17 bits per heavy atom. The first-order valence-electron chi connectivity index (χ1n) is 13.1. The summed E-state index contributed by atoms with van der Waals surface area (Å²) in [5, 5.41) is 0. The maximum atomic E-state index is 12.6. The van der Waals surface area contributed by atoms with E-state index in [1.54, 1.807) is 0 Å². The van der Waals surface area contributed by atoms with Crippen LogP contribution < -0.4 is 0 Å². The van der Waals surface area contributed by atoms with E-state index in [2.05, 4.69) is 0 Å². The van der Waals surface area contributed by atoms with Gasteiger partial charge in [-0.3, -0.25) is 19.2 Å². The first-order valence-corrected chi connectivity index (χ1v) is 14.3. The molecule has 8 nitrogen and oxygen atoms in total. The molecule has 2 unspecified atom stereocenters. The minimum Gasteiger partial charge on any atom is -0.466 e. The van der Waals surface area contributed by atoms with Crippen molar-refractivity contribution in [2.45, 2.75) is 91.9 Å². The highest BCUT2D eigenvalue weighted by molar-refractivity contribution is 7.99. The molecule has 0 aromatic rings. The second-order valence-electron chi connectivity index (χ2n) is 8.53. The Kier molecular flexibility index (Phi) is 21.5. The van der Waals surface area contributed by atoms with E-state index in [9.17, 15) is 19.2 Å². The van der Waals surface area contributed by atoms with Crippen molar-refractivity contribution in [1.82, 2.24) is 0 Å². The molecule has 0 aromatic heterocycles. The van der Waals surface area contributed by atoms with Gasteiger partial charge in [0.25, 0.3) is 0 Å². The predicted molar refractivity (Wildman–Crippen MR) is 137 cm³/mol. The normalized spacial score (nSPS) is 12.5. The van der Waals surface area contributed by atoms with Gasteiger partial charge in [-0.15, -0.1) is 0 Å². The zero-order valence-electron chi connectivity index (χ0n) is 22.1. The molecule has 0 N–H and O–H groups in total. The second-order valence-corrected chi connectivity index (χ2v) is 9.60. The second kappa shape index (κ2) is 22.7. The zero-order chi connectivity index (χ0) is 26.3. The van der Waals surface area contributed by atoms with Gasteiger partial charge < -0.3 is 18.9 Å². The van der Waals surface area contributed by atoms with Crippen LogP contribution >= 0.6 is 11.8 Å². The smallest absolute Gasteiger partial charge is 0.310 e. The van der Waals surface area contributed by atoms with Crippen LogP contribution in [0, 0.1) is 11.8 Å². The molecular weight excluding hydrogens is 472 g/mol. The van der Waals surface area contributed by atoms with Crippen molar-refractivity contribution in [1.29, 1.82) is 0 Å². The molecular formula is C26H46O8S. The van der Waals surface area contributed by atoms with Crippen molar-refractivity contribution in [3.63, 3.8) is 0 Å². The molecule has 0 spiro atoms. The molecule has 0 saturated heterocycles. The Morgan fingerprint density at radius 2 is 0.857 bits per heavy atom. The minimum atomic E-state index is -0.681. The van der Waals surface area contributed by atoms with Gasteiger partial charge in [0.1, 0.15) is 0 Å². The topological polar surface area (TPSA) is 105 Å². The average molecular weight is 519 g/mol. The molecule has 0 aromatic carbocycles. The van der Waals surface area contributed by atoms with Crippen LogP contribution in [-0.2, 0) is 38.1 Å². The molecule has 0 heterocycles. The number of unbranched alkanes of at least 4 members (excludes halogenated alkanes) is 4. The fourth-order valence-electron chi connectivity index (χ4n) is 2.82. The molecule has 0 amide bonds. The molecule has 0 aliphatic rings. The van der Waals surface area contributed by atoms with Gasteiger partial charge >= 0.3 is 23.9 Å². The summed E-state index contributed by atoms with van der Waals surface area (Å²) in [6.07, 6.45) is 6.47. The average Bonchev–Trinajstić information content (AvgIpc) is 2.83. The quantitative estimate of drug-likeness (QED) is 0.110. The number of rotatable bonds is 22. The maximum Gasteiger partial charge on any atom is 0.310 e. The third kappa shape index (κ3) is 18.2. The van der Waals surface area contributed by atoms with Crippen LogP contribution in [0.4, 0.5) is 0 Å². The standard InChI is InChI=1S/C26H46O8S/c1-5-9-13-31-23(27)17-21(25(29)33-15-11-7-3)19-35-20-22(26(30)34-16-12-8-4)18-24(28)32-14-10-6-2/h21-22H,5-20H2,1-4H3. The summed E-state index contributed by atoms with van der Waals surface area (Å²) in [7, 11) is 0. The van der Waals surface area contributed by atoms with Crippen LogP contribution in [0.2, 0.25) is 0 Å². The Hall–Kier alpha value is -1.77. The molecule has 35 heavy (non-hydrogen) atoms. The number of carbonyl (C=O) groups is 4. The van der Waals surface area contributed by atoms with Crippen LogP contribution in [0.3, 0.4) is 0 Å². The number of carbonyl (C=O) groups excluding carboxylic acids is 4.